The number of carboxylic acid groups (broad SMARTS) is 1. The highest BCUT2D eigenvalue weighted by molar-refractivity contribution is 9.10. The SMILES string of the molecule is Cc1cc(F)cc(NC(C(=O)O)c2ccc(Br)c(Cl)c2)c1. The van der Waals surface area contributed by atoms with Crippen LogP contribution in [-0.4, -0.2) is 11.1 Å². The van der Waals surface area contributed by atoms with Gasteiger partial charge in [-0.3, -0.25) is 0 Å². The number of halogens is 3. The average molecular weight is 373 g/mol. The summed E-state index contributed by atoms with van der Waals surface area (Å²) < 4.78 is 14.1. The van der Waals surface area contributed by atoms with E-state index in [0.717, 1.165) is 0 Å². The largest absolute Gasteiger partial charge is 0.479 e. The Morgan fingerprint density at radius 2 is 2.05 bits per heavy atom. The number of hydrogen-bond acceptors (Lipinski definition) is 2. The van der Waals surface area contributed by atoms with Gasteiger partial charge in [0.05, 0.1) is 5.02 Å². The van der Waals surface area contributed by atoms with E-state index in [0.29, 0.717) is 26.3 Å². The first-order valence-electron chi connectivity index (χ1n) is 6.08. The van der Waals surface area contributed by atoms with Gasteiger partial charge in [0.25, 0.3) is 0 Å². The number of nitrogens with one attached hydrogen (secondary N) is 1. The van der Waals surface area contributed by atoms with Crippen molar-refractivity contribution in [1.29, 1.82) is 0 Å². The molecule has 0 heterocycles. The van der Waals surface area contributed by atoms with Crippen LogP contribution >= 0.6 is 27.5 Å². The first-order chi connectivity index (χ1) is 9.86. The fourth-order valence-electron chi connectivity index (χ4n) is 1.97. The van der Waals surface area contributed by atoms with E-state index in [1.807, 2.05) is 0 Å². The van der Waals surface area contributed by atoms with Crippen LogP contribution in [0.4, 0.5) is 10.1 Å². The molecule has 2 aromatic rings. The maximum Gasteiger partial charge on any atom is 0.330 e. The standard InChI is InChI=1S/C15H12BrClFNO2/c1-8-4-10(18)7-11(5-8)19-14(15(20)21)9-2-3-12(16)13(17)6-9/h2-7,14,19H,1H3,(H,20,21). The second kappa shape index (κ2) is 6.45. The molecule has 0 aliphatic carbocycles. The predicted octanol–water partition coefficient (Wildman–Crippen LogP) is 4.79. The van der Waals surface area contributed by atoms with Crippen molar-refractivity contribution in [1.82, 2.24) is 0 Å². The van der Waals surface area contributed by atoms with Gasteiger partial charge in [-0.15, -0.1) is 0 Å². The second-order valence-electron chi connectivity index (χ2n) is 4.61. The Morgan fingerprint density at radius 1 is 1.33 bits per heavy atom. The Morgan fingerprint density at radius 3 is 2.62 bits per heavy atom. The van der Waals surface area contributed by atoms with E-state index in [-0.39, 0.29) is 0 Å². The first kappa shape index (κ1) is 15.8. The highest BCUT2D eigenvalue weighted by Crippen LogP contribution is 2.28. The summed E-state index contributed by atoms with van der Waals surface area (Å²) in [7, 11) is 0. The summed E-state index contributed by atoms with van der Waals surface area (Å²) in [4.78, 5) is 11.5. The van der Waals surface area contributed by atoms with Gasteiger partial charge in [-0.25, -0.2) is 9.18 Å². The van der Waals surface area contributed by atoms with Gasteiger partial charge in [0.2, 0.25) is 0 Å². The van der Waals surface area contributed by atoms with E-state index < -0.39 is 17.8 Å². The third-order valence-corrected chi connectivity index (χ3v) is 4.11. The number of anilines is 1. The molecule has 0 amide bonds. The van der Waals surface area contributed by atoms with Crippen LogP contribution in [0.3, 0.4) is 0 Å². The maximum atomic E-state index is 13.4. The summed E-state index contributed by atoms with van der Waals surface area (Å²) in [6, 6.07) is 8.17. The monoisotopic (exact) mass is 371 g/mol. The number of aliphatic carboxylic acids is 1. The summed E-state index contributed by atoms with van der Waals surface area (Å²) >= 11 is 9.24. The highest BCUT2D eigenvalue weighted by Gasteiger charge is 2.20. The van der Waals surface area contributed by atoms with E-state index in [2.05, 4.69) is 21.2 Å². The van der Waals surface area contributed by atoms with Gasteiger partial charge in [-0.2, -0.15) is 0 Å². The predicted molar refractivity (Wildman–Crippen MR) is 84.3 cm³/mol. The topological polar surface area (TPSA) is 49.3 Å². The van der Waals surface area contributed by atoms with Crippen molar-refractivity contribution in [3.05, 3.63) is 62.8 Å². The van der Waals surface area contributed by atoms with Crippen molar-refractivity contribution in [2.24, 2.45) is 0 Å². The molecule has 6 heteroatoms. The molecule has 0 fully saturated rings. The lowest BCUT2D eigenvalue weighted by molar-refractivity contribution is -0.138. The molecule has 2 rings (SSSR count). The molecule has 3 nitrogen and oxygen atoms in total. The van der Waals surface area contributed by atoms with Crippen molar-refractivity contribution >= 4 is 39.2 Å². The van der Waals surface area contributed by atoms with Gasteiger partial charge in [0.1, 0.15) is 5.82 Å². The molecule has 0 radical (unpaired) electrons. The van der Waals surface area contributed by atoms with Crippen LogP contribution in [0.25, 0.3) is 0 Å². The number of carboxylic acids is 1. The minimum absolute atomic E-state index is 0.402. The Bertz CT molecular complexity index is 673. The van der Waals surface area contributed by atoms with Crippen molar-refractivity contribution in [2.75, 3.05) is 5.32 Å². The fourth-order valence-corrected chi connectivity index (χ4v) is 2.40. The maximum absolute atomic E-state index is 13.4. The van der Waals surface area contributed by atoms with Crippen molar-refractivity contribution < 1.29 is 14.3 Å². The third kappa shape index (κ3) is 3.95. The Hall–Kier alpha value is -1.59. The average Bonchev–Trinajstić information content (AvgIpc) is 2.38. The lowest BCUT2D eigenvalue weighted by atomic mass is 10.1. The number of benzene rings is 2. The van der Waals surface area contributed by atoms with E-state index in [4.69, 9.17) is 11.6 Å². The van der Waals surface area contributed by atoms with Gasteiger partial charge in [-0.05, 0) is 64.3 Å². The first-order valence-corrected chi connectivity index (χ1v) is 7.25. The number of rotatable bonds is 4. The van der Waals surface area contributed by atoms with Crippen LogP contribution in [0, 0.1) is 12.7 Å². The molecule has 2 aromatic carbocycles. The Balaban J connectivity index is 2.35. The molecule has 0 aliphatic rings. The summed E-state index contributed by atoms with van der Waals surface area (Å²) in [6.45, 7) is 1.74. The van der Waals surface area contributed by atoms with Crippen molar-refractivity contribution in [2.45, 2.75) is 13.0 Å². The molecule has 1 atom stereocenters. The molecule has 0 saturated heterocycles. The molecule has 0 saturated carbocycles. The summed E-state index contributed by atoms with van der Waals surface area (Å²) in [5, 5.41) is 12.6. The van der Waals surface area contributed by atoms with Crippen LogP contribution in [0.1, 0.15) is 17.2 Å². The van der Waals surface area contributed by atoms with Gasteiger partial charge in [0, 0.05) is 10.2 Å². The Kier molecular flexibility index (Phi) is 4.85. The number of aryl methyl sites for hydroxylation is 1. The molecular formula is C15H12BrClFNO2. The molecule has 2 N–H and O–H groups in total. The second-order valence-corrected chi connectivity index (χ2v) is 5.87. The number of hydrogen-bond donors (Lipinski definition) is 2. The quantitative estimate of drug-likeness (QED) is 0.811. The van der Waals surface area contributed by atoms with E-state index >= 15 is 0 Å². The van der Waals surface area contributed by atoms with Gasteiger partial charge >= 0.3 is 5.97 Å². The van der Waals surface area contributed by atoms with E-state index in [1.54, 1.807) is 31.2 Å². The lowest BCUT2D eigenvalue weighted by Crippen LogP contribution is -2.20. The smallest absolute Gasteiger partial charge is 0.330 e. The van der Waals surface area contributed by atoms with Gasteiger partial charge in [0.15, 0.2) is 6.04 Å². The third-order valence-electron chi connectivity index (χ3n) is 2.88. The summed E-state index contributed by atoms with van der Waals surface area (Å²) in [5.41, 5.74) is 1.59. The molecule has 110 valence electrons. The van der Waals surface area contributed by atoms with Crippen molar-refractivity contribution in [3.63, 3.8) is 0 Å². The normalized spacial score (nSPS) is 12.0. The molecule has 1 unspecified atom stereocenters. The van der Waals surface area contributed by atoms with E-state index in [9.17, 15) is 14.3 Å². The van der Waals surface area contributed by atoms with Crippen LogP contribution in [-0.2, 0) is 4.79 Å². The minimum atomic E-state index is -1.07. The lowest BCUT2D eigenvalue weighted by Gasteiger charge is -2.17. The Labute approximate surface area is 134 Å². The molecule has 0 aromatic heterocycles. The molecule has 21 heavy (non-hydrogen) atoms. The van der Waals surface area contributed by atoms with Crippen molar-refractivity contribution in [3.8, 4) is 0 Å². The van der Waals surface area contributed by atoms with Gasteiger partial charge < -0.3 is 10.4 Å². The highest BCUT2D eigenvalue weighted by atomic mass is 79.9. The molecule has 0 bridgehead atoms. The van der Waals surface area contributed by atoms with Crippen LogP contribution in [0.2, 0.25) is 5.02 Å². The van der Waals surface area contributed by atoms with Crippen LogP contribution < -0.4 is 5.32 Å². The zero-order chi connectivity index (χ0) is 15.6. The summed E-state index contributed by atoms with van der Waals surface area (Å²) in [5.74, 6) is -1.49. The van der Waals surface area contributed by atoms with Gasteiger partial charge in [-0.1, -0.05) is 17.7 Å². The van der Waals surface area contributed by atoms with E-state index in [1.165, 1.54) is 12.1 Å². The molecular weight excluding hydrogens is 361 g/mol. The molecule has 0 spiro atoms. The summed E-state index contributed by atoms with van der Waals surface area (Å²) in [6.07, 6.45) is 0. The zero-order valence-electron chi connectivity index (χ0n) is 11.0. The zero-order valence-corrected chi connectivity index (χ0v) is 13.4. The molecule has 0 aliphatic heterocycles. The number of carbonyl (C=O) groups is 1. The van der Waals surface area contributed by atoms with Crippen LogP contribution in [0.15, 0.2) is 40.9 Å². The van der Waals surface area contributed by atoms with Crippen LogP contribution in [0.5, 0.6) is 0 Å². The fraction of sp³-hybridized carbons (Fsp3) is 0.133. The minimum Gasteiger partial charge on any atom is -0.479 e.